The van der Waals surface area contributed by atoms with E-state index in [2.05, 4.69) is 33.8 Å². The van der Waals surface area contributed by atoms with Crippen LogP contribution < -0.4 is 0 Å². The highest BCUT2D eigenvalue weighted by Crippen LogP contribution is 2.66. The molecular weight excluding hydrogens is 360 g/mol. The van der Waals surface area contributed by atoms with Crippen molar-refractivity contribution in [3.8, 4) is 0 Å². The SMILES string of the molecule is CCOC(=O)CC[C@H]1CC=C2C3=C(CC[C@@]21C)[C@@]1(C)CCC(O)C(C)(C)C1CC3. The Morgan fingerprint density at radius 1 is 1.14 bits per heavy atom. The lowest BCUT2D eigenvalue weighted by atomic mass is 9.46. The Hall–Kier alpha value is -1.09. The van der Waals surface area contributed by atoms with Gasteiger partial charge in [0.25, 0.3) is 0 Å². The van der Waals surface area contributed by atoms with Gasteiger partial charge in [0.2, 0.25) is 0 Å². The second kappa shape index (κ2) is 7.25. The van der Waals surface area contributed by atoms with Gasteiger partial charge in [0.05, 0.1) is 12.7 Å². The summed E-state index contributed by atoms with van der Waals surface area (Å²) >= 11 is 0. The van der Waals surface area contributed by atoms with Gasteiger partial charge in [0.1, 0.15) is 0 Å². The van der Waals surface area contributed by atoms with E-state index in [1.54, 1.807) is 16.7 Å². The highest BCUT2D eigenvalue weighted by molar-refractivity contribution is 5.69. The van der Waals surface area contributed by atoms with E-state index in [1.807, 2.05) is 6.92 Å². The van der Waals surface area contributed by atoms with E-state index < -0.39 is 0 Å². The lowest BCUT2D eigenvalue weighted by molar-refractivity contribution is -0.143. The average molecular weight is 401 g/mol. The first kappa shape index (κ1) is 21.2. The molecule has 0 radical (unpaired) electrons. The van der Waals surface area contributed by atoms with Crippen LogP contribution in [0.5, 0.6) is 0 Å². The van der Waals surface area contributed by atoms with Crippen molar-refractivity contribution >= 4 is 5.97 Å². The van der Waals surface area contributed by atoms with E-state index in [4.69, 9.17) is 4.74 Å². The number of carbonyl (C=O) groups excluding carboxylic acids is 1. The maximum atomic E-state index is 11.9. The van der Waals surface area contributed by atoms with Crippen LogP contribution in [0, 0.1) is 28.1 Å². The zero-order chi connectivity index (χ0) is 21.0. The number of fused-ring (bicyclic) bond motifs is 4. The first-order chi connectivity index (χ1) is 13.6. The summed E-state index contributed by atoms with van der Waals surface area (Å²) in [6.07, 6.45) is 11.7. The van der Waals surface area contributed by atoms with Gasteiger partial charge in [-0.3, -0.25) is 4.79 Å². The molecule has 0 aromatic rings. The Kier molecular flexibility index (Phi) is 5.29. The molecule has 3 nitrogen and oxygen atoms in total. The predicted molar refractivity (Wildman–Crippen MR) is 116 cm³/mol. The molecule has 0 aliphatic heterocycles. The zero-order valence-electron chi connectivity index (χ0n) is 19.1. The number of ether oxygens (including phenoxy) is 1. The quantitative estimate of drug-likeness (QED) is 0.591. The zero-order valence-corrected chi connectivity index (χ0v) is 19.1. The summed E-state index contributed by atoms with van der Waals surface area (Å²) in [4.78, 5) is 11.9. The van der Waals surface area contributed by atoms with Crippen LogP contribution in [0.4, 0.5) is 0 Å². The molecule has 5 atom stereocenters. The third-order valence-electron chi connectivity index (χ3n) is 9.54. The predicted octanol–water partition coefficient (Wildman–Crippen LogP) is 5.97. The van der Waals surface area contributed by atoms with Crippen molar-refractivity contribution in [1.82, 2.24) is 0 Å². The molecule has 1 N–H and O–H groups in total. The minimum Gasteiger partial charge on any atom is -0.466 e. The fourth-order valence-electron chi connectivity index (χ4n) is 7.73. The molecule has 0 heterocycles. The largest absolute Gasteiger partial charge is 0.466 e. The molecule has 0 aromatic carbocycles. The summed E-state index contributed by atoms with van der Waals surface area (Å²) in [5.41, 5.74) is 5.43. The van der Waals surface area contributed by atoms with Crippen LogP contribution >= 0.6 is 0 Å². The maximum Gasteiger partial charge on any atom is 0.305 e. The van der Waals surface area contributed by atoms with Crippen molar-refractivity contribution in [2.45, 2.75) is 98.5 Å². The molecule has 0 aromatic heterocycles. The van der Waals surface area contributed by atoms with Gasteiger partial charge in [0.15, 0.2) is 0 Å². The third kappa shape index (κ3) is 3.14. The highest BCUT2D eigenvalue weighted by Gasteiger charge is 2.57. The number of carbonyl (C=O) groups is 1. The summed E-state index contributed by atoms with van der Waals surface area (Å²) in [6, 6.07) is 0. The van der Waals surface area contributed by atoms with Gasteiger partial charge in [-0.1, -0.05) is 39.3 Å². The van der Waals surface area contributed by atoms with Gasteiger partial charge in [-0.25, -0.2) is 0 Å². The molecule has 0 spiro atoms. The van der Waals surface area contributed by atoms with E-state index in [0.29, 0.717) is 24.9 Å². The van der Waals surface area contributed by atoms with Crippen molar-refractivity contribution in [1.29, 1.82) is 0 Å². The molecule has 4 rings (SSSR count). The van der Waals surface area contributed by atoms with Crippen LogP contribution in [-0.4, -0.2) is 23.8 Å². The summed E-state index contributed by atoms with van der Waals surface area (Å²) in [5.74, 6) is 1.09. The number of esters is 1. The van der Waals surface area contributed by atoms with Crippen LogP contribution in [0.1, 0.15) is 92.4 Å². The normalized spacial score (nSPS) is 40.6. The van der Waals surface area contributed by atoms with Crippen LogP contribution in [0.25, 0.3) is 0 Å². The molecule has 29 heavy (non-hydrogen) atoms. The Morgan fingerprint density at radius 3 is 2.62 bits per heavy atom. The summed E-state index contributed by atoms with van der Waals surface area (Å²) in [5, 5.41) is 10.7. The van der Waals surface area contributed by atoms with Gasteiger partial charge in [-0.05, 0) is 97.5 Å². The van der Waals surface area contributed by atoms with Crippen LogP contribution in [0.2, 0.25) is 0 Å². The Balaban J connectivity index is 1.59. The molecule has 0 saturated heterocycles. The Labute approximate surface area is 177 Å². The van der Waals surface area contributed by atoms with Crippen LogP contribution in [0.3, 0.4) is 0 Å². The number of aliphatic hydroxyl groups excluding tert-OH is 1. The van der Waals surface area contributed by atoms with E-state index in [1.165, 1.54) is 19.3 Å². The summed E-state index contributed by atoms with van der Waals surface area (Å²) in [6.45, 7) is 11.9. The fraction of sp³-hybridized carbons (Fsp3) is 0.808. The van der Waals surface area contributed by atoms with Gasteiger partial charge >= 0.3 is 5.97 Å². The second-order valence-electron chi connectivity index (χ2n) is 11.2. The van der Waals surface area contributed by atoms with Crippen molar-refractivity contribution < 1.29 is 14.6 Å². The maximum absolute atomic E-state index is 11.9. The average Bonchev–Trinajstić information content (AvgIpc) is 3.00. The van der Waals surface area contributed by atoms with E-state index >= 15 is 0 Å². The molecule has 0 bridgehead atoms. The van der Waals surface area contributed by atoms with Gasteiger partial charge in [0, 0.05) is 6.42 Å². The molecule has 1 saturated carbocycles. The minimum absolute atomic E-state index is 0.00148. The van der Waals surface area contributed by atoms with Crippen molar-refractivity contribution in [2.75, 3.05) is 6.61 Å². The van der Waals surface area contributed by atoms with E-state index in [-0.39, 0.29) is 28.3 Å². The van der Waals surface area contributed by atoms with Gasteiger partial charge in [-0.15, -0.1) is 0 Å². The lowest BCUT2D eigenvalue weighted by Gasteiger charge is -2.59. The number of hydrogen-bond donors (Lipinski definition) is 1. The fourth-order valence-corrected chi connectivity index (χ4v) is 7.73. The number of hydrogen-bond acceptors (Lipinski definition) is 3. The van der Waals surface area contributed by atoms with Gasteiger partial charge in [-0.2, -0.15) is 0 Å². The summed E-state index contributed by atoms with van der Waals surface area (Å²) < 4.78 is 5.17. The monoisotopic (exact) mass is 400 g/mol. The van der Waals surface area contributed by atoms with Gasteiger partial charge < -0.3 is 9.84 Å². The smallest absolute Gasteiger partial charge is 0.305 e. The minimum atomic E-state index is -0.172. The Bertz CT molecular complexity index is 745. The molecule has 0 amide bonds. The number of rotatable bonds is 4. The molecule has 162 valence electrons. The molecule has 4 aliphatic carbocycles. The van der Waals surface area contributed by atoms with Crippen molar-refractivity contribution in [2.24, 2.45) is 28.1 Å². The molecule has 2 unspecified atom stereocenters. The van der Waals surface area contributed by atoms with Crippen molar-refractivity contribution in [3.63, 3.8) is 0 Å². The van der Waals surface area contributed by atoms with E-state index in [0.717, 1.165) is 32.1 Å². The first-order valence-corrected chi connectivity index (χ1v) is 11.9. The first-order valence-electron chi connectivity index (χ1n) is 11.9. The number of aliphatic hydroxyl groups is 1. The van der Waals surface area contributed by atoms with Crippen molar-refractivity contribution in [3.05, 3.63) is 22.8 Å². The molecule has 1 fully saturated rings. The lowest BCUT2D eigenvalue weighted by Crippen LogP contribution is -2.53. The molecule has 4 aliphatic rings. The van der Waals surface area contributed by atoms with E-state index in [9.17, 15) is 9.90 Å². The summed E-state index contributed by atoms with van der Waals surface area (Å²) in [7, 11) is 0. The van der Waals surface area contributed by atoms with Crippen LogP contribution in [-0.2, 0) is 9.53 Å². The standard InChI is InChI=1S/C26H40O3/c1-6-29-23(28)12-8-17-7-10-19-18-9-11-21-24(2,3)22(27)14-16-26(21,5)20(18)13-15-25(17,19)4/h10,17,21-22,27H,6-9,11-16H2,1-5H3/t17-,21?,22?,25-,26-/m1/s1. The molecule has 3 heteroatoms. The molecular formula is C26H40O3. The topological polar surface area (TPSA) is 46.5 Å². The van der Waals surface area contributed by atoms with Crippen LogP contribution in [0.15, 0.2) is 22.8 Å². The second-order valence-corrected chi connectivity index (χ2v) is 11.2. The number of allylic oxidation sites excluding steroid dienone is 4. The highest BCUT2D eigenvalue weighted by atomic mass is 16.5. The third-order valence-corrected chi connectivity index (χ3v) is 9.54. The Morgan fingerprint density at radius 2 is 1.90 bits per heavy atom.